The van der Waals surface area contributed by atoms with Gasteiger partial charge in [-0.2, -0.15) is 5.10 Å². The van der Waals surface area contributed by atoms with Crippen molar-refractivity contribution in [2.24, 2.45) is 0 Å². The number of nitrogens with zero attached hydrogens (tertiary/aromatic N) is 3. The quantitative estimate of drug-likeness (QED) is 0.741. The number of benzene rings is 1. The summed E-state index contributed by atoms with van der Waals surface area (Å²) in [5, 5.41) is 6.65. The van der Waals surface area contributed by atoms with E-state index in [0.717, 1.165) is 42.9 Å². The summed E-state index contributed by atoms with van der Waals surface area (Å²) in [6, 6.07) is 16.0. The molecule has 0 spiro atoms. The van der Waals surface area contributed by atoms with Crippen LogP contribution in [-0.4, -0.2) is 46.2 Å². The van der Waals surface area contributed by atoms with Crippen molar-refractivity contribution in [1.29, 1.82) is 0 Å². The van der Waals surface area contributed by atoms with Gasteiger partial charge in [0.05, 0.1) is 7.11 Å². The number of methoxy groups -OCH3 is 1. The summed E-state index contributed by atoms with van der Waals surface area (Å²) in [6.07, 6.45) is 4.39. The third-order valence-electron chi connectivity index (χ3n) is 5.21. The van der Waals surface area contributed by atoms with Gasteiger partial charge in [-0.15, -0.1) is 0 Å². The van der Waals surface area contributed by atoms with Gasteiger partial charge in [0.1, 0.15) is 11.4 Å². The molecule has 1 aliphatic rings. The molecule has 4 rings (SSSR count). The largest absolute Gasteiger partial charge is 0.497 e. The Morgan fingerprint density at radius 2 is 2.14 bits per heavy atom. The number of piperidine rings is 1. The number of carbonyl (C=O) groups is 1. The molecule has 1 amide bonds. The lowest BCUT2D eigenvalue weighted by molar-refractivity contribution is 0.0700. The highest BCUT2D eigenvalue weighted by molar-refractivity contribution is 5.92. The van der Waals surface area contributed by atoms with Crippen molar-refractivity contribution in [3.05, 3.63) is 77.4 Å². The molecule has 1 fully saturated rings. The fourth-order valence-corrected chi connectivity index (χ4v) is 3.76. The Balaban J connectivity index is 1.48. The van der Waals surface area contributed by atoms with Gasteiger partial charge in [-0.1, -0.05) is 18.2 Å². The van der Waals surface area contributed by atoms with Gasteiger partial charge in [-0.05, 0) is 48.7 Å². The minimum Gasteiger partial charge on any atom is -0.497 e. The molecule has 0 unspecified atom stereocenters. The molecular weight excluding hydrogens is 352 g/mol. The maximum absolute atomic E-state index is 12.6. The summed E-state index contributed by atoms with van der Waals surface area (Å²) < 4.78 is 5.31. The number of hydrogen-bond donors (Lipinski definition) is 1. The number of amides is 1. The van der Waals surface area contributed by atoms with Crippen molar-refractivity contribution in [3.8, 4) is 5.75 Å². The summed E-state index contributed by atoms with van der Waals surface area (Å²) >= 11 is 0. The number of carbonyl (C=O) groups excluding carboxylic acids is 1. The first-order valence-electron chi connectivity index (χ1n) is 9.60. The van der Waals surface area contributed by atoms with Gasteiger partial charge in [0, 0.05) is 43.0 Å². The Morgan fingerprint density at radius 1 is 1.25 bits per heavy atom. The number of H-pyrrole nitrogens is 1. The van der Waals surface area contributed by atoms with Gasteiger partial charge in [0.2, 0.25) is 0 Å². The lowest BCUT2D eigenvalue weighted by atomic mass is 9.93. The number of ether oxygens (including phenoxy) is 1. The molecule has 2 aromatic heterocycles. The van der Waals surface area contributed by atoms with E-state index < -0.39 is 0 Å². The Hall–Kier alpha value is -3.15. The van der Waals surface area contributed by atoms with Crippen LogP contribution in [0.25, 0.3) is 0 Å². The molecule has 0 radical (unpaired) electrons. The average molecular weight is 376 g/mol. The molecular formula is C22H24N4O2. The molecule has 0 aliphatic carbocycles. The second-order valence-electron chi connectivity index (χ2n) is 7.14. The van der Waals surface area contributed by atoms with Crippen LogP contribution in [0.1, 0.15) is 46.2 Å². The monoisotopic (exact) mass is 376 g/mol. The molecule has 1 atom stereocenters. The zero-order valence-electron chi connectivity index (χ0n) is 16.0. The third-order valence-corrected chi connectivity index (χ3v) is 5.21. The van der Waals surface area contributed by atoms with E-state index >= 15 is 0 Å². The van der Waals surface area contributed by atoms with Crippen LogP contribution in [0.3, 0.4) is 0 Å². The highest BCUT2D eigenvalue weighted by Gasteiger charge is 2.27. The van der Waals surface area contributed by atoms with Crippen LogP contribution in [0, 0.1) is 0 Å². The van der Waals surface area contributed by atoms with Crippen LogP contribution in [-0.2, 0) is 6.42 Å². The molecule has 6 nitrogen and oxygen atoms in total. The number of aromatic nitrogens is 3. The fourth-order valence-electron chi connectivity index (χ4n) is 3.76. The second kappa shape index (κ2) is 8.25. The number of hydrogen-bond acceptors (Lipinski definition) is 4. The lowest BCUT2D eigenvalue weighted by Crippen LogP contribution is -2.39. The molecule has 0 saturated carbocycles. The second-order valence-corrected chi connectivity index (χ2v) is 7.14. The van der Waals surface area contributed by atoms with E-state index in [1.165, 1.54) is 5.56 Å². The average Bonchev–Trinajstić information content (AvgIpc) is 3.28. The van der Waals surface area contributed by atoms with E-state index in [2.05, 4.69) is 34.5 Å². The molecule has 3 aromatic rings. The molecule has 144 valence electrons. The highest BCUT2D eigenvalue weighted by Crippen LogP contribution is 2.27. The van der Waals surface area contributed by atoms with Gasteiger partial charge in [0.25, 0.3) is 5.91 Å². The molecule has 6 heteroatoms. The zero-order chi connectivity index (χ0) is 19.3. The molecule has 28 heavy (non-hydrogen) atoms. The number of pyridine rings is 1. The van der Waals surface area contributed by atoms with Gasteiger partial charge in [-0.25, -0.2) is 0 Å². The van der Waals surface area contributed by atoms with Crippen molar-refractivity contribution >= 4 is 5.91 Å². The maximum Gasteiger partial charge on any atom is 0.271 e. The van der Waals surface area contributed by atoms with E-state index in [0.29, 0.717) is 12.2 Å². The first kappa shape index (κ1) is 18.2. The highest BCUT2D eigenvalue weighted by atomic mass is 16.5. The smallest absolute Gasteiger partial charge is 0.271 e. The Bertz CT molecular complexity index is 939. The van der Waals surface area contributed by atoms with E-state index in [9.17, 15) is 4.79 Å². The summed E-state index contributed by atoms with van der Waals surface area (Å²) in [4.78, 5) is 19.4. The Kier molecular flexibility index (Phi) is 5.37. The van der Waals surface area contributed by atoms with Crippen LogP contribution < -0.4 is 4.74 Å². The Labute approximate surface area is 164 Å². The minimum absolute atomic E-state index is 0.00901. The molecule has 1 N–H and O–H groups in total. The SMILES string of the molecule is COc1cccc(Cc2cccc([C@@H]3CCCN(C(=O)c4ccn[nH]4)C3)n2)c1. The first-order valence-corrected chi connectivity index (χ1v) is 9.60. The molecule has 1 aliphatic heterocycles. The van der Waals surface area contributed by atoms with Crippen LogP contribution >= 0.6 is 0 Å². The van der Waals surface area contributed by atoms with Gasteiger partial charge < -0.3 is 9.64 Å². The van der Waals surface area contributed by atoms with Crippen LogP contribution in [0.4, 0.5) is 0 Å². The van der Waals surface area contributed by atoms with Gasteiger partial charge in [0.15, 0.2) is 0 Å². The molecule has 1 aromatic carbocycles. The first-order chi connectivity index (χ1) is 13.7. The van der Waals surface area contributed by atoms with Crippen molar-refractivity contribution < 1.29 is 9.53 Å². The number of aromatic amines is 1. The molecule has 1 saturated heterocycles. The van der Waals surface area contributed by atoms with Gasteiger partial charge in [-0.3, -0.25) is 14.9 Å². The maximum atomic E-state index is 12.6. The van der Waals surface area contributed by atoms with Crippen molar-refractivity contribution in [2.75, 3.05) is 20.2 Å². The summed E-state index contributed by atoms with van der Waals surface area (Å²) in [5.74, 6) is 1.12. The standard InChI is InChI=1S/C22H24N4O2/c1-28-19-8-2-5-16(14-19)13-18-7-3-9-20(24-18)17-6-4-12-26(15-17)22(27)21-10-11-23-25-21/h2-3,5,7-11,14,17H,4,6,12-13,15H2,1H3,(H,23,25)/t17-/m1/s1. The van der Waals surface area contributed by atoms with E-state index in [4.69, 9.17) is 9.72 Å². The normalized spacial score (nSPS) is 16.8. The zero-order valence-corrected chi connectivity index (χ0v) is 16.0. The van der Waals surface area contributed by atoms with Crippen LogP contribution in [0.15, 0.2) is 54.7 Å². The minimum atomic E-state index is 0.00901. The van der Waals surface area contributed by atoms with Gasteiger partial charge >= 0.3 is 0 Å². The predicted octanol–water partition coefficient (Wildman–Crippen LogP) is 3.42. The molecule has 3 heterocycles. The van der Waals surface area contributed by atoms with E-state index in [-0.39, 0.29) is 11.8 Å². The number of nitrogens with one attached hydrogen (secondary N) is 1. The predicted molar refractivity (Wildman–Crippen MR) is 107 cm³/mol. The Morgan fingerprint density at radius 3 is 2.96 bits per heavy atom. The third kappa shape index (κ3) is 4.06. The summed E-state index contributed by atoms with van der Waals surface area (Å²) in [6.45, 7) is 1.46. The lowest BCUT2D eigenvalue weighted by Gasteiger charge is -2.32. The number of likely N-dealkylation sites (tertiary alicyclic amines) is 1. The van der Waals surface area contributed by atoms with E-state index in [1.807, 2.05) is 23.1 Å². The van der Waals surface area contributed by atoms with Crippen molar-refractivity contribution in [3.63, 3.8) is 0 Å². The van der Waals surface area contributed by atoms with Crippen molar-refractivity contribution in [1.82, 2.24) is 20.1 Å². The number of rotatable bonds is 5. The summed E-state index contributed by atoms with van der Waals surface area (Å²) in [5.41, 5.74) is 3.80. The van der Waals surface area contributed by atoms with Crippen LogP contribution in [0.5, 0.6) is 5.75 Å². The molecule has 0 bridgehead atoms. The van der Waals surface area contributed by atoms with Crippen molar-refractivity contribution in [2.45, 2.75) is 25.2 Å². The van der Waals surface area contributed by atoms with Crippen LogP contribution in [0.2, 0.25) is 0 Å². The summed E-state index contributed by atoms with van der Waals surface area (Å²) in [7, 11) is 1.68. The topological polar surface area (TPSA) is 71.1 Å². The van der Waals surface area contributed by atoms with E-state index in [1.54, 1.807) is 19.4 Å². The fraction of sp³-hybridized carbons (Fsp3) is 0.318.